The smallest absolute Gasteiger partial charge is 0.0554 e. The number of rotatable bonds is 8. The first kappa shape index (κ1) is 36.8. The van der Waals surface area contributed by atoms with Gasteiger partial charge in [0.05, 0.1) is 16.7 Å². The van der Waals surface area contributed by atoms with Crippen LogP contribution in [0.1, 0.15) is 0 Å². The molecule has 12 rings (SSSR count). The second kappa shape index (κ2) is 15.5. The number of fused-ring (bicyclic) bond motifs is 6. The quantitative estimate of drug-likeness (QED) is 0.148. The molecule has 0 fully saturated rings. The van der Waals surface area contributed by atoms with Crippen LogP contribution in [0, 0.1) is 0 Å². The van der Waals surface area contributed by atoms with Crippen molar-refractivity contribution in [1.29, 1.82) is 0 Å². The van der Waals surface area contributed by atoms with Crippen LogP contribution in [0.3, 0.4) is 0 Å². The summed E-state index contributed by atoms with van der Waals surface area (Å²) < 4.78 is 5.01. The summed E-state index contributed by atoms with van der Waals surface area (Å²) in [6.07, 6.45) is 0. The predicted octanol–water partition coefficient (Wildman–Crippen LogP) is 17.3. The molecular formula is C60H40N2S. The highest BCUT2D eigenvalue weighted by Crippen LogP contribution is 2.46. The molecule has 0 saturated heterocycles. The fourth-order valence-corrected chi connectivity index (χ4v) is 10.5. The van der Waals surface area contributed by atoms with Crippen LogP contribution in [0.25, 0.3) is 92.2 Å². The molecule has 0 unspecified atom stereocenters. The average Bonchev–Trinajstić information content (AvgIpc) is 3.91. The van der Waals surface area contributed by atoms with Crippen molar-refractivity contribution in [3.8, 4) is 50.2 Å². The van der Waals surface area contributed by atoms with E-state index in [1.54, 1.807) is 0 Å². The number of aromatic nitrogens is 1. The van der Waals surface area contributed by atoms with Gasteiger partial charge >= 0.3 is 0 Å². The zero-order chi connectivity index (χ0) is 41.7. The SMILES string of the molecule is c1ccc(-c2ccc(N(c3cccc(-c4cccc(-n5c6ccc(-c7ccccc7)cc6c6cc(-c7ccccc7)ccc65)c4)c3)c3cccc4sc5ccccc5c34)cc2)cc1. The van der Waals surface area contributed by atoms with E-state index in [1.807, 2.05) is 11.3 Å². The molecule has 0 aliphatic carbocycles. The van der Waals surface area contributed by atoms with Gasteiger partial charge in [-0.05, 0) is 123 Å². The molecule has 0 spiro atoms. The van der Waals surface area contributed by atoms with Crippen LogP contribution in [0.4, 0.5) is 17.1 Å². The molecule has 2 aromatic heterocycles. The molecule has 0 radical (unpaired) electrons. The molecule has 10 aromatic carbocycles. The fraction of sp³-hybridized carbons (Fsp3) is 0. The maximum absolute atomic E-state index is 2.44. The largest absolute Gasteiger partial charge is 0.310 e. The summed E-state index contributed by atoms with van der Waals surface area (Å²) in [4.78, 5) is 2.44. The maximum Gasteiger partial charge on any atom is 0.0554 e. The molecule has 3 heteroatoms. The lowest BCUT2D eigenvalue weighted by molar-refractivity contribution is 1.18. The van der Waals surface area contributed by atoms with Crippen molar-refractivity contribution in [2.45, 2.75) is 0 Å². The molecule has 2 heterocycles. The average molecular weight is 821 g/mol. The zero-order valence-corrected chi connectivity index (χ0v) is 35.2. The molecular weight excluding hydrogens is 781 g/mol. The molecule has 0 aliphatic rings. The van der Waals surface area contributed by atoms with Gasteiger partial charge in [-0.3, -0.25) is 0 Å². The lowest BCUT2D eigenvalue weighted by Crippen LogP contribution is -2.10. The minimum Gasteiger partial charge on any atom is -0.310 e. The van der Waals surface area contributed by atoms with Gasteiger partial charge in [0, 0.05) is 48.0 Å². The van der Waals surface area contributed by atoms with Gasteiger partial charge < -0.3 is 9.47 Å². The third kappa shape index (κ3) is 6.58. The van der Waals surface area contributed by atoms with Gasteiger partial charge in [0.15, 0.2) is 0 Å². The number of hydrogen-bond acceptors (Lipinski definition) is 2. The third-order valence-electron chi connectivity index (χ3n) is 12.4. The van der Waals surface area contributed by atoms with Gasteiger partial charge in [-0.2, -0.15) is 0 Å². The monoisotopic (exact) mass is 820 g/mol. The Balaban J connectivity index is 1.00. The van der Waals surface area contributed by atoms with Gasteiger partial charge in [0.2, 0.25) is 0 Å². The Morgan fingerprint density at radius 1 is 0.302 bits per heavy atom. The zero-order valence-electron chi connectivity index (χ0n) is 34.4. The van der Waals surface area contributed by atoms with E-state index < -0.39 is 0 Å². The van der Waals surface area contributed by atoms with E-state index in [0.29, 0.717) is 0 Å². The highest BCUT2D eigenvalue weighted by Gasteiger charge is 2.20. The highest BCUT2D eigenvalue weighted by atomic mass is 32.1. The minimum atomic E-state index is 1.10. The summed E-state index contributed by atoms with van der Waals surface area (Å²) in [6, 6.07) is 88.4. The second-order valence-corrected chi connectivity index (χ2v) is 17.2. The van der Waals surface area contributed by atoms with Gasteiger partial charge in [-0.25, -0.2) is 0 Å². The van der Waals surface area contributed by atoms with Crippen LogP contribution in [0.15, 0.2) is 243 Å². The molecule has 12 aromatic rings. The Labute approximate surface area is 370 Å². The predicted molar refractivity (Wildman–Crippen MR) is 270 cm³/mol. The fourth-order valence-electron chi connectivity index (χ4n) is 9.37. The van der Waals surface area contributed by atoms with Crippen LogP contribution in [0.2, 0.25) is 0 Å². The first-order valence-electron chi connectivity index (χ1n) is 21.5. The lowest BCUT2D eigenvalue weighted by Gasteiger charge is -2.27. The number of hydrogen-bond donors (Lipinski definition) is 0. The van der Waals surface area contributed by atoms with Crippen molar-refractivity contribution in [3.63, 3.8) is 0 Å². The van der Waals surface area contributed by atoms with Crippen molar-refractivity contribution in [1.82, 2.24) is 4.57 Å². The highest BCUT2D eigenvalue weighted by molar-refractivity contribution is 7.26. The number of nitrogens with zero attached hydrogens (tertiary/aromatic N) is 2. The van der Waals surface area contributed by atoms with E-state index in [-0.39, 0.29) is 0 Å². The van der Waals surface area contributed by atoms with E-state index in [2.05, 4.69) is 252 Å². The van der Waals surface area contributed by atoms with Gasteiger partial charge in [0.1, 0.15) is 0 Å². The summed E-state index contributed by atoms with van der Waals surface area (Å²) in [5.41, 5.74) is 16.4. The Morgan fingerprint density at radius 3 is 1.43 bits per heavy atom. The van der Waals surface area contributed by atoms with E-state index >= 15 is 0 Å². The molecule has 296 valence electrons. The topological polar surface area (TPSA) is 8.17 Å². The summed E-state index contributed by atoms with van der Waals surface area (Å²) in [5, 5.41) is 5.02. The van der Waals surface area contributed by atoms with Crippen LogP contribution in [-0.4, -0.2) is 4.57 Å². The maximum atomic E-state index is 2.44. The molecule has 0 bridgehead atoms. The van der Waals surface area contributed by atoms with Crippen molar-refractivity contribution in [3.05, 3.63) is 243 Å². The van der Waals surface area contributed by atoms with Gasteiger partial charge in [-0.1, -0.05) is 164 Å². The van der Waals surface area contributed by atoms with Crippen LogP contribution >= 0.6 is 11.3 Å². The summed E-state index contributed by atoms with van der Waals surface area (Å²) in [5.74, 6) is 0. The number of benzene rings is 10. The Kier molecular flexibility index (Phi) is 9.06. The van der Waals surface area contributed by atoms with E-state index in [1.165, 1.54) is 81.0 Å². The van der Waals surface area contributed by atoms with Crippen LogP contribution in [-0.2, 0) is 0 Å². The lowest BCUT2D eigenvalue weighted by atomic mass is 10.0. The number of thiophene rings is 1. The standard InChI is InChI=1S/C60H40N2S/c1-4-15-41(16-5-1)44-29-33-49(34-30-44)61(57-26-14-28-59-60(57)52-25-10-11-27-58(52)63-59)50-23-12-21-45(37-50)46-22-13-24-51(38-46)62-55-35-31-47(42-17-6-2-7-18-42)39-53(55)54-40-48(32-36-56(54)62)43-19-8-3-9-20-43/h1-40H. The van der Waals surface area contributed by atoms with Crippen molar-refractivity contribution < 1.29 is 0 Å². The van der Waals surface area contributed by atoms with Crippen LogP contribution < -0.4 is 4.90 Å². The second-order valence-electron chi connectivity index (χ2n) is 16.1. The van der Waals surface area contributed by atoms with Crippen molar-refractivity contribution in [2.24, 2.45) is 0 Å². The molecule has 0 atom stereocenters. The van der Waals surface area contributed by atoms with Crippen molar-refractivity contribution >= 4 is 70.4 Å². The Hall–Kier alpha value is -7.98. The van der Waals surface area contributed by atoms with Crippen molar-refractivity contribution in [2.75, 3.05) is 4.90 Å². The van der Waals surface area contributed by atoms with E-state index in [9.17, 15) is 0 Å². The Bertz CT molecular complexity index is 3510. The first-order chi connectivity index (χ1) is 31.2. The number of anilines is 3. The third-order valence-corrected chi connectivity index (χ3v) is 13.5. The summed E-state index contributed by atoms with van der Waals surface area (Å²) in [6.45, 7) is 0. The molecule has 0 aliphatic heterocycles. The minimum absolute atomic E-state index is 1.10. The molecule has 0 saturated carbocycles. The van der Waals surface area contributed by atoms with Crippen LogP contribution in [0.5, 0.6) is 0 Å². The van der Waals surface area contributed by atoms with Gasteiger partial charge in [-0.15, -0.1) is 11.3 Å². The van der Waals surface area contributed by atoms with E-state index in [0.717, 1.165) is 28.2 Å². The molecule has 0 N–H and O–H groups in total. The van der Waals surface area contributed by atoms with Gasteiger partial charge in [0.25, 0.3) is 0 Å². The summed E-state index contributed by atoms with van der Waals surface area (Å²) >= 11 is 1.86. The first-order valence-corrected chi connectivity index (χ1v) is 22.3. The molecule has 63 heavy (non-hydrogen) atoms. The summed E-state index contributed by atoms with van der Waals surface area (Å²) in [7, 11) is 0. The molecule has 0 amide bonds. The van der Waals surface area contributed by atoms with E-state index in [4.69, 9.17) is 0 Å². The normalized spacial score (nSPS) is 11.5. The Morgan fingerprint density at radius 2 is 0.778 bits per heavy atom. The molecule has 2 nitrogen and oxygen atoms in total.